The van der Waals surface area contributed by atoms with Crippen molar-refractivity contribution in [3.05, 3.63) is 41.6 Å². The van der Waals surface area contributed by atoms with Crippen LogP contribution in [-0.4, -0.2) is 29.3 Å². The highest BCUT2D eigenvalue weighted by Gasteiger charge is 2.13. The van der Waals surface area contributed by atoms with Gasteiger partial charge in [0.05, 0.1) is 18.1 Å². The van der Waals surface area contributed by atoms with Gasteiger partial charge in [-0.05, 0) is 30.0 Å². The van der Waals surface area contributed by atoms with E-state index >= 15 is 0 Å². The lowest BCUT2D eigenvalue weighted by Crippen LogP contribution is -2.11. The number of nitrogens with zero attached hydrogens (tertiary/aromatic N) is 2. The zero-order valence-corrected chi connectivity index (χ0v) is 15.5. The Morgan fingerprint density at radius 1 is 1.19 bits per heavy atom. The second-order valence-corrected chi connectivity index (χ2v) is 7.05. The van der Waals surface area contributed by atoms with Crippen LogP contribution in [0.5, 0.6) is 11.5 Å². The van der Waals surface area contributed by atoms with E-state index in [1.165, 1.54) is 0 Å². The van der Waals surface area contributed by atoms with E-state index in [-0.39, 0.29) is 5.91 Å². The molecule has 140 valence electrons. The minimum atomic E-state index is -0.0671. The molecule has 1 aliphatic heterocycles. The molecule has 8 heteroatoms. The lowest BCUT2D eigenvalue weighted by molar-refractivity contribution is -0.116. The summed E-state index contributed by atoms with van der Waals surface area (Å²) in [5.74, 6) is 2.45. The highest BCUT2D eigenvalue weighted by molar-refractivity contribution is 7.13. The Balaban J connectivity index is 1.27. The molecule has 0 unspecified atom stereocenters. The van der Waals surface area contributed by atoms with Gasteiger partial charge in [-0.25, -0.2) is 0 Å². The van der Waals surface area contributed by atoms with Gasteiger partial charge in [-0.1, -0.05) is 11.2 Å². The van der Waals surface area contributed by atoms with Crippen LogP contribution in [0.3, 0.4) is 0 Å². The first kappa shape index (κ1) is 17.5. The molecule has 3 aromatic rings. The molecule has 4 rings (SSSR count). The zero-order chi connectivity index (χ0) is 18.5. The van der Waals surface area contributed by atoms with Crippen molar-refractivity contribution in [2.24, 2.45) is 0 Å². The zero-order valence-electron chi connectivity index (χ0n) is 14.6. The van der Waals surface area contributed by atoms with Crippen LogP contribution in [-0.2, 0) is 11.2 Å². The van der Waals surface area contributed by atoms with Crippen molar-refractivity contribution < 1.29 is 18.8 Å². The lowest BCUT2D eigenvalue weighted by Gasteiger charge is -2.10. The molecular formula is C19H19N3O4S. The molecule has 3 heterocycles. The molecule has 1 amide bonds. The summed E-state index contributed by atoms with van der Waals surface area (Å²) in [6.07, 6.45) is 2.40. The highest BCUT2D eigenvalue weighted by Crippen LogP contribution is 2.32. The number of nitrogens with one attached hydrogen (secondary N) is 1. The number of aromatic nitrogens is 2. The van der Waals surface area contributed by atoms with Crippen LogP contribution in [0.1, 0.15) is 25.2 Å². The molecule has 27 heavy (non-hydrogen) atoms. The smallest absolute Gasteiger partial charge is 0.226 e. The van der Waals surface area contributed by atoms with Gasteiger partial charge in [0.1, 0.15) is 0 Å². The van der Waals surface area contributed by atoms with E-state index in [9.17, 15) is 4.79 Å². The maximum absolute atomic E-state index is 12.2. The predicted octanol–water partition coefficient (Wildman–Crippen LogP) is 3.92. The van der Waals surface area contributed by atoms with E-state index in [4.69, 9.17) is 14.0 Å². The first-order chi connectivity index (χ1) is 13.3. The highest BCUT2D eigenvalue weighted by atomic mass is 32.1. The quantitative estimate of drug-likeness (QED) is 0.692. The number of thiophene rings is 1. The van der Waals surface area contributed by atoms with E-state index in [1.54, 1.807) is 17.4 Å². The molecule has 0 fully saturated rings. The molecule has 2 aromatic heterocycles. The van der Waals surface area contributed by atoms with Crippen LogP contribution >= 0.6 is 11.3 Å². The van der Waals surface area contributed by atoms with Crippen LogP contribution in [0, 0.1) is 0 Å². The van der Waals surface area contributed by atoms with E-state index in [2.05, 4.69) is 15.5 Å². The number of aryl methyl sites for hydroxylation is 1. The van der Waals surface area contributed by atoms with Crippen LogP contribution in [0.25, 0.3) is 10.7 Å². The summed E-state index contributed by atoms with van der Waals surface area (Å²) in [7, 11) is 0. The maximum Gasteiger partial charge on any atom is 0.226 e. The number of fused-ring (bicyclic) bond motifs is 1. The number of benzene rings is 1. The number of carbonyl (C=O) groups is 1. The Bertz CT molecular complexity index is 908. The number of amides is 1. The van der Waals surface area contributed by atoms with Gasteiger partial charge in [0.25, 0.3) is 0 Å². The normalized spacial score (nSPS) is 13.2. The predicted molar refractivity (Wildman–Crippen MR) is 101 cm³/mol. The minimum Gasteiger partial charge on any atom is -0.490 e. The number of ether oxygens (including phenoxy) is 2. The lowest BCUT2D eigenvalue weighted by atomic mass is 10.2. The standard InChI is InChI=1S/C19H19N3O4S/c23-17(20-13-7-8-14-15(12-13)25-10-3-9-24-14)5-1-6-18-21-19(22-26-18)16-4-2-11-27-16/h2,4,7-8,11-12H,1,3,5-6,9-10H2,(H,20,23). The number of anilines is 1. The average Bonchev–Trinajstić information content (AvgIpc) is 3.30. The topological polar surface area (TPSA) is 86.5 Å². The largest absolute Gasteiger partial charge is 0.490 e. The second kappa shape index (κ2) is 8.22. The monoisotopic (exact) mass is 385 g/mol. The Morgan fingerprint density at radius 3 is 2.93 bits per heavy atom. The van der Waals surface area contributed by atoms with Gasteiger partial charge in [0, 0.05) is 31.0 Å². The van der Waals surface area contributed by atoms with Crippen LogP contribution in [0.15, 0.2) is 40.2 Å². The summed E-state index contributed by atoms with van der Waals surface area (Å²) in [5.41, 5.74) is 0.696. The summed E-state index contributed by atoms with van der Waals surface area (Å²) < 4.78 is 16.5. The van der Waals surface area contributed by atoms with Gasteiger partial charge < -0.3 is 19.3 Å². The number of carbonyl (C=O) groups excluding carboxylic acids is 1. The molecule has 1 N–H and O–H groups in total. The van der Waals surface area contributed by atoms with E-state index in [0.717, 1.165) is 11.3 Å². The van der Waals surface area contributed by atoms with Crippen LogP contribution in [0.2, 0.25) is 0 Å². The van der Waals surface area contributed by atoms with Crippen LogP contribution < -0.4 is 14.8 Å². The van der Waals surface area contributed by atoms with Crippen molar-refractivity contribution in [2.75, 3.05) is 18.5 Å². The number of rotatable bonds is 6. The van der Waals surface area contributed by atoms with E-state index in [0.29, 0.717) is 61.4 Å². The molecule has 0 saturated carbocycles. The van der Waals surface area contributed by atoms with Crippen molar-refractivity contribution >= 4 is 22.9 Å². The summed E-state index contributed by atoms with van der Waals surface area (Å²) in [6, 6.07) is 9.32. The van der Waals surface area contributed by atoms with Crippen molar-refractivity contribution in [1.29, 1.82) is 0 Å². The molecule has 1 aliphatic rings. The Hall–Kier alpha value is -2.87. The molecule has 1 aromatic carbocycles. The SMILES string of the molecule is O=C(CCCc1nc(-c2cccs2)no1)Nc1ccc2c(c1)OCCCO2. The summed E-state index contributed by atoms with van der Waals surface area (Å²) >= 11 is 1.56. The van der Waals surface area contributed by atoms with Crippen LogP contribution in [0.4, 0.5) is 5.69 Å². The first-order valence-corrected chi connectivity index (χ1v) is 9.72. The van der Waals surface area contributed by atoms with Gasteiger partial charge in [-0.3, -0.25) is 4.79 Å². The first-order valence-electron chi connectivity index (χ1n) is 8.84. The molecule has 0 atom stereocenters. The van der Waals surface area contributed by atoms with Crippen molar-refractivity contribution in [3.63, 3.8) is 0 Å². The maximum atomic E-state index is 12.2. The molecule has 0 aliphatic carbocycles. The van der Waals surface area contributed by atoms with Gasteiger partial charge >= 0.3 is 0 Å². The van der Waals surface area contributed by atoms with Crippen molar-refractivity contribution in [3.8, 4) is 22.2 Å². The number of hydrogen-bond acceptors (Lipinski definition) is 7. The third-order valence-electron chi connectivity index (χ3n) is 4.04. The third kappa shape index (κ3) is 4.46. The number of hydrogen-bond donors (Lipinski definition) is 1. The Labute approximate surface area is 160 Å². The molecule has 0 saturated heterocycles. The second-order valence-electron chi connectivity index (χ2n) is 6.10. The summed E-state index contributed by atoms with van der Waals surface area (Å²) in [4.78, 5) is 17.5. The fourth-order valence-electron chi connectivity index (χ4n) is 2.73. The Morgan fingerprint density at radius 2 is 2.07 bits per heavy atom. The van der Waals surface area contributed by atoms with E-state index < -0.39 is 0 Å². The minimum absolute atomic E-state index is 0.0671. The van der Waals surface area contributed by atoms with Gasteiger partial charge in [-0.15, -0.1) is 11.3 Å². The molecular weight excluding hydrogens is 366 g/mol. The molecule has 0 radical (unpaired) electrons. The van der Waals surface area contributed by atoms with Crippen molar-refractivity contribution in [1.82, 2.24) is 10.1 Å². The summed E-state index contributed by atoms with van der Waals surface area (Å²) in [6.45, 7) is 1.25. The third-order valence-corrected chi connectivity index (χ3v) is 4.90. The average molecular weight is 385 g/mol. The van der Waals surface area contributed by atoms with Crippen molar-refractivity contribution in [2.45, 2.75) is 25.7 Å². The fourth-order valence-corrected chi connectivity index (χ4v) is 3.38. The molecule has 0 bridgehead atoms. The van der Waals surface area contributed by atoms with Gasteiger partial charge in [0.15, 0.2) is 11.5 Å². The van der Waals surface area contributed by atoms with Gasteiger partial charge in [0.2, 0.25) is 17.6 Å². The van der Waals surface area contributed by atoms with E-state index in [1.807, 2.05) is 29.6 Å². The molecule has 0 spiro atoms. The molecule has 7 nitrogen and oxygen atoms in total. The fraction of sp³-hybridized carbons (Fsp3) is 0.316. The Kier molecular flexibility index (Phi) is 5.34. The summed E-state index contributed by atoms with van der Waals surface area (Å²) in [5, 5.41) is 8.83. The van der Waals surface area contributed by atoms with Gasteiger partial charge in [-0.2, -0.15) is 4.98 Å².